The van der Waals surface area contributed by atoms with Gasteiger partial charge in [0, 0.05) is 13.2 Å². The van der Waals surface area contributed by atoms with Crippen molar-refractivity contribution in [3.63, 3.8) is 0 Å². The Labute approximate surface area is 116 Å². The maximum absolute atomic E-state index is 6.24. The minimum atomic E-state index is -1.82. The summed E-state index contributed by atoms with van der Waals surface area (Å²) in [6.45, 7) is 19.3. The van der Waals surface area contributed by atoms with Crippen LogP contribution in [0.4, 0.5) is 0 Å². The number of hydrogen-bond acceptors (Lipinski definition) is 2. The van der Waals surface area contributed by atoms with Gasteiger partial charge >= 0.3 is 0 Å². The third-order valence-corrected chi connectivity index (χ3v) is 15.4. The normalized spacial score (nSPS) is 12.8. The monoisotopic (exact) mass is 288 g/mol. The molecule has 0 aromatic heterocycles. The molecule has 0 atom stereocenters. The molecule has 0 rings (SSSR count). The van der Waals surface area contributed by atoms with Crippen LogP contribution in [0, 0.1) is 0 Å². The molecule has 0 aliphatic heterocycles. The first-order valence-corrected chi connectivity index (χ1v) is 12.1. The van der Waals surface area contributed by atoms with Crippen LogP contribution in [-0.2, 0) is 8.85 Å². The van der Waals surface area contributed by atoms with Crippen LogP contribution in [0.15, 0.2) is 11.4 Å². The Kier molecular flexibility index (Phi) is 8.34. The maximum Gasteiger partial charge on any atom is 0.217 e. The summed E-state index contributed by atoms with van der Waals surface area (Å²) in [4.78, 5) is 1.40. The summed E-state index contributed by atoms with van der Waals surface area (Å²) >= 11 is 0. The van der Waals surface area contributed by atoms with E-state index in [9.17, 15) is 0 Å². The van der Waals surface area contributed by atoms with Crippen LogP contribution in [0.25, 0.3) is 0 Å². The Hall–Kier alpha value is 0.0938. The molecule has 0 aliphatic carbocycles. The van der Waals surface area contributed by atoms with Crippen molar-refractivity contribution in [2.45, 2.75) is 65.7 Å². The molecule has 0 saturated carbocycles. The van der Waals surface area contributed by atoms with Gasteiger partial charge in [-0.15, -0.1) is 6.58 Å². The quantitative estimate of drug-likeness (QED) is 0.544. The third kappa shape index (κ3) is 3.56. The molecule has 0 saturated heterocycles. The first-order chi connectivity index (χ1) is 8.52. The van der Waals surface area contributed by atoms with E-state index < -0.39 is 16.6 Å². The Morgan fingerprint density at radius 1 is 0.722 bits per heavy atom. The number of hydrogen-bond donors (Lipinski definition) is 0. The van der Waals surface area contributed by atoms with E-state index in [0.717, 1.165) is 37.4 Å². The van der Waals surface area contributed by atoms with Crippen LogP contribution in [0.1, 0.15) is 41.5 Å². The van der Waals surface area contributed by atoms with Crippen molar-refractivity contribution in [2.75, 3.05) is 13.2 Å². The van der Waals surface area contributed by atoms with Crippen LogP contribution in [0.2, 0.25) is 24.2 Å². The molecule has 2 nitrogen and oxygen atoms in total. The maximum atomic E-state index is 6.24. The highest BCUT2D eigenvalue weighted by Crippen LogP contribution is 2.36. The van der Waals surface area contributed by atoms with E-state index >= 15 is 0 Å². The molecule has 0 bridgehead atoms. The summed E-state index contributed by atoms with van der Waals surface area (Å²) < 4.78 is 12.5. The first kappa shape index (κ1) is 18.1. The van der Waals surface area contributed by atoms with Crippen molar-refractivity contribution >= 4 is 16.6 Å². The zero-order chi connectivity index (χ0) is 14.2. The highest BCUT2D eigenvalue weighted by atomic mass is 28.4. The summed E-state index contributed by atoms with van der Waals surface area (Å²) in [7, 11) is -3.64. The predicted molar refractivity (Wildman–Crippen MR) is 85.8 cm³/mol. The molecule has 4 heteroatoms. The smallest absolute Gasteiger partial charge is 0.217 e. The Balaban J connectivity index is 5.36. The van der Waals surface area contributed by atoms with E-state index in [-0.39, 0.29) is 0 Å². The molecule has 0 spiro atoms. The zero-order valence-electron chi connectivity index (χ0n) is 13.3. The second-order valence-corrected chi connectivity index (χ2v) is 13.8. The van der Waals surface area contributed by atoms with Crippen LogP contribution < -0.4 is 0 Å². The molecule has 0 aromatic carbocycles. The topological polar surface area (TPSA) is 18.5 Å². The Morgan fingerprint density at radius 2 is 1.00 bits per heavy atom. The van der Waals surface area contributed by atoms with Gasteiger partial charge < -0.3 is 8.85 Å². The van der Waals surface area contributed by atoms with Crippen LogP contribution >= 0.6 is 0 Å². The van der Waals surface area contributed by atoms with Crippen LogP contribution in [-0.4, -0.2) is 29.8 Å². The van der Waals surface area contributed by atoms with Gasteiger partial charge in [-0.1, -0.05) is 27.7 Å². The van der Waals surface area contributed by atoms with E-state index in [0.29, 0.717) is 0 Å². The summed E-state index contributed by atoms with van der Waals surface area (Å²) in [6.07, 6.45) is 0. The van der Waals surface area contributed by atoms with E-state index in [4.69, 9.17) is 8.85 Å². The summed E-state index contributed by atoms with van der Waals surface area (Å²) in [5.41, 5.74) is 0. The highest BCUT2D eigenvalue weighted by molar-refractivity contribution is 7.02. The van der Waals surface area contributed by atoms with Gasteiger partial charge in [0.1, 0.15) is 0 Å². The second kappa shape index (κ2) is 8.30. The lowest BCUT2D eigenvalue weighted by molar-refractivity contribution is 0.315. The van der Waals surface area contributed by atoms with Crippen molar-refractivity contribution in [3.8, 4) is 0 Å². The summed E-state index contributed by atoms with van der Waals surface area (Å²) in [5, 5.41) is 0. The van der Waals surface area contributed by atoms with E-state index in [1.54, 1.807) is 0 Å². The van der Waals surface area contributed by atoms with Gasteiger partial charge in [0.2, 0.25) is 16.6 Å². The Bertz CT molecular complexity index is 222. The van der Waals surface area contributed by atoms with Gasteiger partial charge in [0.15, 0.2) is 0 Å². The van der Waals surface area contributed by atoms with Crippen LogP contribution in [0.3, 0.4) is 0 Å². The molecule has 0 N–H and O–H groups in total. The predicted octanol–water partition coefficient (Wildman–Crippen LogP) is 4.66. The minimum Gasteiger partial charge on any atom is -0.413 e. The fourth-order valence-corrected chi connectivity index (χ4v) is 13.8. The van der Waals surface area contributed by atoms with Gasteiger partial charge in [-0.3, -0.25) is 0 Å². The lowest BCUT2D eigenvalue weighted by Gasteiger charge is -2.41. The fourth-order valence-electron chi connectivity index (χ4n) is 2.90. The molecular formula is C14H32O2Si2. The average Bonchev–Trinajstić information content (AvgIpc) is 2.42. The fraction of sp³-hybridized carbons (Fsp3) is 0.857. The number of rotatable bonds is 10. The molecule has 18 heavy (non-hydrogen) atoms. The van der Waals surface area contributed by atoms with Gasteiger partial charge in [-0.25, -0.2) is 0 Å². The lowest BCUT2D eigenvalue weighted by atomic mass is 10.9. The van der Waals surface area contributed by atoms with Crippen molar-refractivity contribution < 1.29 is 8.85 Å². The van der Waals surface area contributed by atoms with E-state index in [1.165, 1.54) is 4.82 Å². The molecule has 0 fully saturated rings. The molecule has 108 valence electrons. The van der Waals surface area contributed by atoms with E-state index in [1.807, 2.05) is 0 Å². The van der Waals surface area contributed by atoms with Gasteiger partial charge in [-0.2, -0.15) is 0 Å². The second-order valence-electron chi connectivity index (χ2n) is 4.75. The summed E-state index contributed by atoms with van der Waals surface area (Å²) in [6, 6.07) is 4.49. The lowest BCUT2D eigenvalue weighted by Crippen LogP contribution is -2.53. The van der Waals surface area contributed by atoms with Crippen LogP contribution in [0.5, 0.6) is 0 Å². The average molecular weight is 289 g/mol. The SMILES string of the molecule is C=C([Si](CC)(CC)OCC)[Si](CC)(CC)OCC. The molecule has 0 radical (unpaired) electrons. The molecule has 0 amide bonds. The van der Waals surface area contributed by atoms with Gasteiger partial charge in [0.25, 0.3) is 0 Å². The van der Waals surface area contributed by atoms with Crippen molar-refractivity contribution in [3.05, 3.63) is 11.4 Å². The minimum absolute atomic E-state index is 0.803. The van der Waals surface area contributed by atoms with Gasteiger partial charge in [-0.05, 0) is 42.8 Å². The van der Waals surface area contributed by atoms with E-state index in [2.05, 4.69) is 48.1 Å². The van der Waals surface area contributed by atoms with Crippen molar-refractivity contribution in [1.82, 2.24) is 0 Å². The van der Waals surface area contributed by atoms with Crippen molar-refractivity contribution in [2.24, 2.45) is 0 Å². The Morgan fingerprint density at radius 3 is 1.17 bits per heavy atom. The molecule has 0 unspecified atom stereocenters. The highest BCUT2D eigenvalue weighted by Gasteiger charge is 2.47. The first-order valence-electron chi connectivity index (χ1n) is 7.50. The third-order valence-electron chi connectivity index (χ3n) is 4.23. The molecule has 0 aromatic rings. The molecular weight excluding hydrogens is 256 g/mol. The largest absolute Gasteiger partial charge is 0.413 e. The standard InChI is InChI=1S/C14H32O2Si2/c1-8-15-17(10-3,11-4)14(7)18(12-5,13-6)16-9-2/h7-13H2,1-6H3. The van der Waals surface area contributed by atoms with Crippen molar-refractivity contribution in [1.29, 1.82) is 0 Å². The molecule has 0 heterocycles. The zero-order valence-corrected chi connectivity index (χ0v) is 15.3. The summed E-state index contributed by atoms with van der Waals surface area (Å²) in [5.74, 6) is 0. The van der Waals surface area contributed by atoms with Gasteiger partial charge in [0.05, 0.1) is 0 Å². The molecule has 0 aliphatic rings.